The van der Waals surface area contributed by atoms with Gasteiger partial charge in [-0.25, -0.2) is 0 Å². The van der Waals surface area contributed by atoms with E-state index in [-0.39, 0.29) is 10.8 Å². The van der Waals surface area contributed by atoms with E-state index in [9.17, 15) is 0 Å². The van der Waals surface area contributed by atoms with Gasteiger partial charge in [-0.15, -0.1) is 0 Å². The number of benzene rings is 12. The molecule has 1 heterocycles. The van der Waals surface area contributed by atoms with Gasteiger partial charge in [0.1, 0.15) is 0 Å². The van der Waals surface area contributed by atoms with Gasteiger partial charge in [0.15, 0.2) is 0 Å². The number of aromatic nitrogens is 1. The lowest BCUT2D eigenvalue weighted by atomic mass is 9.68. The third-order valence-corrected chi connectivity index (χ3v) is 18.2. The van der Waals surface area contributed by atoms with Crippen molar-refractivity contribution in [3.63, 3.8) is 0 Å². The highest BCUT2D eigenvalue weighted by molar-refractivity contribution is 14.1. The van der Waals surface area contributed by atoms with Gasteiger partial charge in [0, 0.05) is 29.0 Å². The lowest BCUT2D eigenvalue weighted by molar-refractivity contribution is 0.768. The van der Waals surface area contributed by atoms with Crippen LogP contribution in [-0.2, 0) is 17.3 Å². The fraction of sp³-hybridized carbons (Fsp3) is 0.0400. The fourth-order valence-corrected chi connectivity index (χ4v) is 14.6. The van der Waals surface area contributed by atoms with Gasteiger partial charge in [-0.2, -0.15) is 0 Å². The first-order valence-corrected chi connectivity index (χ1v) is 29.5. The van der Waals surface area contributed by atoms with Crippen molar-refractivity contribution in [3.8, 4) is 39.1 Å². The van der Waals surface area contributed by atoms with Crippen LogP contribution in [0.5, 0.6) is 0 Å². The maximum absolute atomic E-state index is 3.72. The third-order valence-electron chi connectivity index (χ3n) is 16.5. The first-order valence-electron chi connectivity index (χ1n) is 26.8. The maximum atomic E-state index is 3.72. The molecule has 0 atom stereocenters. The van der Waals surface area contributed by atoms with E-state index in [0.29, 0.717) is 0 Å². The number of fused-ring (bicyclic) bond motifs is 12. The van der Waals surface area contributed by atoms with Crippen molar-refractivity contribution in [1.29, 1.82) is 0 Å². The van der Waals surface area contributed by atoms with E-state index in [2.05, 4.69) is 350 Å². The molecule has 4 heteroatoms. The smallest absolute Gasteiger partial charge is 0.0713 e. The van der Waals surface area contributed by atoms with Gasteiger partial charge in [-0.1, -0.05) is 268 Å². The van der Waals surface area contributed by atoms with E-state index >= 15 is 0 Å². The van der Waals surface area contributed by atoms with Crippen molar-refractivity contribution in [1.82, 2.24) is 4.57 Å². The number of hydrogen-bond donors (Lipinski definition) is 0. The van der Waals surface area contributed by atoms with Gasteiger partial charge in [-0.05, 0) is 173 Å². The van der Waals surface area contributed by atoms with Crippen LogP contribution in [0, 0.1) is 3.57 Å². The highest BCUT2D eigenvalue weighted by Crippen LogP contribution is 2.58. The Morgan fingerprint density at radius 3 is 1.33 bits per heavy atom. The standard InChI is InChI=1S/C37H24BrN.C25H17I.C13H9Br/c38-27-19-21-31-30-16-8-10-18-35(30)39(36(31)23-27)28-20-22-34-32(24-28)29-15-7-9-17-33(29)37(34,25-11-3-1-4-12-25)26-13-5-2-6-14-26;26-20-15-16-24-22(17-20)21-13-7-8-14-23(21)25(24,18-9-3-1-4-10-18)19-11-5-2-6-12-19;14-11-5-6-13-10(8-11)7-9-3-1-2-4-12(9)13/h1-24H;1-17H;1-6,8H,7H2. The second kappa shape index (κ2) is 20.4. The molecule has 0 spiro atoms. The lowest BCUT2D eigenvalue weighted by Crippen LogP contribution is -2.28. The van der Waals surface area contributed by atoms with Crippen LogP contribution in [0.4, 0.5) is 0 Å². The molecule has 0 amide bonds. The average molecular weight is 1250 g/mol. The van der Waals surface area contributed by atoms with Crippen LogP contribution in [0.1, 0.15) is 55.6 Å². The zero-order chi connectivity index (χ0) is 53.1. The van der Waals surface area contributed by atoms with E-state index in [1.807, 2.05) is 0 Å². The summed E-state index contributed by atoms with van der Waals surface area (Å²) in [7, 11) is 0. The molecule has 0 unspecified atom stereocenters. The molecule has 1 nitrogen and oxygen atoms in total. The van der Waals surface area contributed by atoms with Crippen molar-refractivity contribution in [2.45, 2.75) is 17.3 Å². The summed E-state index contributed by atoms with van der Waals surface area (Å²) in [4.78, 5) is 0. The van der Waals surface area contributed by atoms with Gasteiger partial charge in [0.05, 0.1) is 21.9 Å². The van der Waals surface area contributed by atoms with Gasteiger partial charge >= 0.3 is 0 Å². The second-order valence-electron chi connectivity index (χ2n) is 20.6. The summed E-state index contributed by atoms with van der Waals surface area (Å²) in [5, 5.41) is 2.53. The van der Waals surface area contributed by atoms with E-state index < -0.39 is 0 Å². The summed E-state index contributed by atoms with van der Waals surface area (Å²) in [5.74, 6) is 0. The molecule has 13 aromatic rings. The Labute approximate surface area is 492 Å². The number of para-hydroxylation sites is 1. The largest absolute Gasteiger partial charge is 0.309 e. The predicted octanol–water partition coefficient (Wildman–Crippen LogP) is 20.6. The van der Waals surface area contributed by atoms with Crippen molar-refractivity contribution >= 4 is 76.3 Å². The van der Waals surface area contributed by atoms with E-state index in [1.54, 1.807) is 0 Å². The van der Waals surface area contributed by atoms with Crippen molar-refractivity contribution < 1.29 is 0 Å². The highest BCUT2D eigenvalue weighted by Gasteiger charge is 2.47. The minimum Gasteiger partial charge on any atom is -0.309 e. The molecule has 0 radical (unpaired) electrons. The molecule has 376 valence electrons. The number of rotatable bonds is 5. The fourth-order valence-electron chi connectivity index (χ4n) is 13.3. The van der Waals surface area contributed by atoms with Crippen LogP contribution in [0.3, 0.4) is 0 Å². The Bertz CT molecular complexity index is 4350. The minimum absolute atomic E-state index is 0.265. The van der Waals surface area contributed by atoms with Crippen LogP contribution in [0.25, 0.3) is 60.9 Å². The number of nitrogens with zero attached hydrogens (tertiary/aromatic N) is 1. The summed E-state index contributed by atoms with van der Waals surface area (Å²) >= 11 is 9.64. The third kappa shape index (κ3) is 8.13. The Kier molecular flexibility index (Phi) is 12.8. The Balaban J connectivity index is 0.000000120. The summed E-state index contributed by atoms with van der Waals surface area (Å²) in [5.41, 5.74) is 24.5. The lowest BCUT2D eigenvalue weighted by Gasteiger charge is -2.33. The predicted molar refractivity (Wildman–Crippen MR) is 345 cm³/mol. The molecular formula is C75H50Br2IN. The van der Waals surface area contributed by atoms with Gasteiger partial charge in [-0.3, -0.25) is 0 Å². The zero-order valence-corrected chi connectivity index (χ0v) is 48.3. The molecule has 0 bridgehead atoms. The van der Waals surface area contributed by atoms with E-state index in [4.69, 9.17) is 0 Å². The van der Waals surface area contributed by atoms with Gasteiger partial charge in [0.2, 0.25) is 0 Å². The SMILES string of the molecule is Brc1ccc2c(c1)Cc1ccccc1-2.Brc1ccc2c3ccccc3n(-c3ccc4c(c3)-c3ccccc3C4(c3ccccc3)c3ccccc3)c2c1.Ic1ccc2c(c1)-c1ccccc1C2(c1ccccc1)c1ccccc1. The second-order valence-corrected chi connectivity index (χ2v) is 23.7. The molecule has 0 N–H and O–H groups in total. The van der Waals surface area contributed by atoms with Crippen LogP contribution < -0.4 is 0 Å². The Hall–Kier alpha value is -7.87. The van der Waals surface area contributed by atoms with Crippen molar-refractivity contribution in [2.24, 2.45) is 0 Å². The molecule has 3 aliphatic carbocycles. The average Bonchev–Trinajstić information content (AvgIpc) is 4.38. The molecule has 0 fully saturated rings. The Morgan fingerprint density at radius 2 is 0.734 bits per heavy atom. The summed E-state index contributed by atoms with van der Waals surface area (Å²) in [6, 6.07) is 106. The normalized spacial score (nSPS) is 13.4. The molecule has 79 heavy (non-hydrogen) atoms. The quantitative estimate of drug-likeness (QED) is 0.151. The first kappa shape index (κ1) is 49.4. The summed E-state index contributed by atoms with van der Waals surface area (Å²) in [6.07, 6.45) is 1.07. The number of halogens is 3. The molecule has 1 aromatic heterocycles. The molecule has 16 rings (SSSR count). The van der Waals surface area contributed by atoms with Crippen LogP contribution in [-0.4, -0.2) is 4.57 Å². The van der Waals surface area contributed by atoms with Crippen LogP contribution >= 0.6 is 54.5 Å². The van der Waals surface area contributed by atoms with Crippen molar-refractivity contribution in [3.05, 3.63) is 359 Å². The maximum Gasteiger partial charge on any atom is 0.0713 e. The first-order chi connectivity index (χ1) is 38.9. The monoisotopic (exact) mass is 1250 g/mol. The topological polar surface area (TPSA) is 4.93 Å². The summed E-state index contributed by atoms with van der Waals surface area (Å²) < 4.78 is 5.93. The van der Waals surface area contributed by atoms with Gasteiger partial charge < -0.3 is 4.57 Å². The zero-order valence-electron chi connectivity index (χ0n) is 43.0. The number of hydrogen-bond acceptors (Lipinski definition) is 0. The Morgan fingerprint density at radius 1 is 0.304 bits per heavy atom. The highest BCUT2D eigenvalue weighted by atomic mass is 127. The van der Waals surface area contributed by atoms with Crippen LogP contribution in [0.2, 0.25) is 0 Å². The van der Waals surface area contributed by atoms with E-state index in [1.165, 1.54) is 125 Å². The molecule has 0 aliphatic heterocycles. The molecule has 0 saturated heterocycles. The molecule has 12 aromatic carbocycles. The molecule has 0 saturated carbocycles. The van der Waals surface area contributed by atoms with Gasteiger partial charge in [0.25, 0.3) is 0 Å². The van der Waals surface area contributed by atoms with E-state index in [0.717, 1.165) is 10.9 Å². The molecular weight excluding hydrogens is 1200 g/mol. The van der Waals surface area contributed by atoms with Crippen LogP contribution in [0.15, 0.2) is 300 Å². The molecule has 3 aliphatic rings. The van der Waals surface area contributed by atoms with Crippen molar-refractivity contribution in [2.75, 3.05) is 0 Å². The minimum atomic E-state index is -0.378. The summed E-state index contributed by atoms with van der Waals surface area (Å²) in [6.45, 7) is 0.